The molecule has 0 aliphatic carbocycles. The van der Waals surface area contributed by atoms with Crippen molar-refractivity contribution in [1.29, 1.82) is 0 Å². The molecule has 35 heavy (non-hydrogen) atoms. The molecule has 0 aromatic heterocycles. The lowest BCUT2D eigenvalue weighted by atomic mass is 9.95. The number of urea groups is 1. The fourth-order valence-electron chi connectivity index (χ4n) is 5.00. The molecule has 0 unspecified atom stereocenters. The Bertz CT molecular complexity index is 1060. The van der Waals surface area contributed by atoms with Crippen molar-refractivity contribution in [1.82, 2.24) is 9.80 Å². The average molecular weight is 484 g/mol. The van der Waals surface area contributed by atoms with Gasteiger partial charge in [0.25, 0.3) is 17.5 Å². The first-order valence-corrected chi connectivity index (χ1v) is 12.2. The quantitative estimate of drug-likeness (QED) is 0.279. The lowest BCUT2D eigenvalue weighted by Crippen LogP contribution is -2.52. The summed E-state index contributed by atoms with van der Waals surface area (Å²) >= 11 is 0. The van der Waals surface area contributed by atoms with Gasteiger partial charge >= 0.3 is 6.03 Å². The molecule has 3 heterocycles. The van der Waals surface area contributed by atoms with E-state index in [0.29, 0.717) is 23.1 Å². The maximum absolute atomic E-state index is 12.8. The van der Waals surface area contributed by atoms with Crippen molar-refractivity contribution in [3.05, 3.63) is 33.4 Å². The highest BCUT2D eigenvalue weighted by atomic mass is 16.6. The number of likely N-dealkylation sites (N-methyl/N-ethyl adjacent to an activating group) is 2. The van der Waals surface area contributed by atoms with Gasteiger partial charge < -0.3 is 9.80 Å². The number of carbonyl (C=O) groups excluding carboxylic acids is 3. The molecule has 0 N–H and O–H groups in total. The van der Waals surface area contributed by atoms with Crippen LogP contribution in [0.3, 0.4) is 0 Å². The third kappa shape index (κ3) is 4.74. The second-order valence-corrected chi connectivity index (χ2v) is 10.1. The minimum atomic E-state index is -0.715. The molecule has 3 aliphatic rings. The van der Waals surface area contributed by atoms with E-state index < -0.39 is 22.8 Å². The average Bonchev–Trinajstić information content (AvgIpc) is 2.85. The van der Waals surface area contributed by atoms with Crippen LogP contribution in [0.2, 0.25) is 0 Å². The van der Waals surface area contributed by atoms with Gasteiger partial charge in [0.1, 0.15) is 11.3 Å². The second-order valence-electron chi connectivity index (χ2n) is 10.1. The predicted octanol–water partition coefficient (Wildman–Crippen LogP) is 3.50. The molecule has 4 amide bonds. The zero-order valence-electron chi connectivity index (χ0n) is 20.8. The van der Waals surface area contributed by atoms with E-state index in [-0.39, 0.29) is 11.3 Å². The van der Waals surface area contributed by atoms with Gasteiger partial charge in [0.15, 0.2) is 0 Å². The summed E-state index contributed by atoms with van der Waals surface area (Å²) in [4.78, 5) is 55.6. The SMILES string of the molecule is CC1CCN(c2cc(N3CCC(C)CC3)c([N+](=O)[O-])cc2C=C2C(=O)N(C)C(=O)N(C)C2=O)CC1. The minimum Gasteiger partial charge on any atom is -0.371 e. The van der Waals surface area contributed by atoms with Crippen molar-refractivity contribution >= 4 is 41.0 Å². The van der Waals surface area contributed by atoms with E-state index in [1.807, 2.05) is 6.07 Å². The molecule has 1 aromatic rings. The van der Waals surface area contributed by atoms with Gasteiger partial charge in [-0.1, -0.05) is 13.8 Å². The monoisotopic (exact) mass is 483 g/mol. The first-order valence-electron chi connectivity index (χ1n) is 12.2. The Balaban J connectivity index is 1.85. The number of nitro groups is 1. The van der Waals surface area contributed by atoms with Crippen molar-refractivity contribution in [2.75, 3.05) is 50.1 Å². The van der Waals surface area contributed by atoms with Crippen LogP contribution in [0.15, 0.2) is 17.7 Å². The predicted molar refractivity (Wildman–Crippen MR) is 133 cm³/mol. The maximum atomic E-state index is 12.8. The zero-order valence-corrected chi connectivity index (χ0v) is 20.8. The van der Waals surface area contributed by atoms with E-state index in [9.17, 15) is 24.5 Å². The Kier molecular flexibility index (Phi) is 6.82. The van der Waals surface area contributed by atoms with Crippen LogP contribution >= 0.6 is 0 Å². The number of nitrogens with zero attached hydrogens (tertiary/aromatic N) is 5. The molecule has 0 bridgehead atoms. The van der Waals surface area contributed by atoms with Crippen molar-refractivity contribution in [3.63, 3.8) is 0 Å². The number of imide groups is 2. The first-order chi connectivity index (χ1) is 16.6. The van der Waals surface area contributed by atoms with E-state index in [4.69, 9.17) is 0 Å². The molecule has 3 aliphatic heterocycles. The lowest BCUT2D eigenvalue weighted by molar-refractivity contribution is -0.384. The normalized spacial score (nSPS) is 20.7. The van der Waals surface area contributed by atoms with Crippen molar-refractivity contribution in [2.45, 2.75) is 39.5 Å². The van der Waals surface area contributed by atoms with Crippen LogP contribution in [0.4, 0.5) is 21.9 Å². The van der Waals surface area contributed by atoms with Crippen LogP contribution < -0.4 is 9.80 Å². The highest BCUT2D eigenvalue weighted by Gasteiger charge is 2.38. The summed E-state index contributed by atoms with van der Waals surface area (Å²) < 4.78 is 0. The number of hydrogen-bond donors (Lipinski definition) is 0. The fraction of sp³-hybridized carbons (Fsp3) is 0.560. The summed E-state index contributed by atoms with van der Waals surface area (Å²) in [5.74, 6) is -0.262. The van der Waals surface area contributed by atoms with Gasteiger partial charge in [-0.05, 0) is 49.7 Å². The van der Waals surface area contributed by atoms with Gasteiger partial charge in [0.2, 0.25) is 0 Å². The molecule has 3 fully saturated rings. The third-order valence-electron chi connectivity index (χ3n) is 7.51. The molecule has 10 heteroatoms. The number of carbonyl (C=O) groups is 3. The van der Waals surface area contributed by atoms with Crippen LogP contribution in [-0.2, 0) is 9.59 Å². The standard InChI is InChI=1S/C25H33N5O5/c1-16-5-9-28(10-6-16)20-15-21(29-11-7-17(2)8-12-29)22(30(34)35)14-18(20)13-19-23(31)26(3)25(33)27(4)24(19)32/h13-17H,5-12H2,1-4H3. The maximum Gasteiger partial charge on any atom is 0.333 e. The molecule has 0 spiro atoms. The highest BCUT2D eigenvalue weighted by Crippen LogP contribution is 2.40. The summed E-state index contributed by atoms with van der Waals surface area (Å²) in [6.07, 6.45) is 5.32. The van der Waals surface area contributed by atoms with Crippen molar-refractivity contribution in [2.24, 2.45) is 11.8 Å². The van der Waals surface area contributed by atoms with Gasteiger partial charge in [-0.3, -0.25) is 29.5 Å². The Morgan fingerprint density at radius 1 is 0.829 bits per heavy atom. The number of anilines is 2. The number of barbiturate groups is 1. The van der Waals surface area contributed by atoms with E-state index in [2.05, 4.69) is 23.6 Å². The number of hydrogen-bond acceptors (Lipinski definition) is 7. The number of nitro benzene ring substituents is 1. The van der Waals surface area contributed by atoms with Crippen LogP contribution in [-0.4, -0.2) is 72.8 Å². The molecule has 3 saturated heterocycles. The van der Waals surface area contributed by atoms with Crippen molar-refractivity contribution < 1.29 is 19.3 Å². The van der Waals surface area contributed by atoms with Gasteiger partial charge in [-0.15, -0.1) is 0 Å². The molecular weight excluding hydrogens is 450 g/mol. The summed E-state index contributed by atoms with van der Waals surface area (Å²) in [6, 6.07) is 2.63. The minimum absolute atomic E-state index is 0.0472. The van der Waals surface area contributed by atoms with Gasteiger partial charge in [-0.25, -0.2) is 4.79 Å². The van der Waals surface area contributed by atoms with Crippen LogP contribution in [0.5, 0.6) is 0 Å². The number of amides is 4. The zero-order chi connectivity index (χ0) is 25.4. The fourth-order valence-corrected chi connectivity index (χ4v) is 5.00. The van der Waals surface area contributed by atoms with E-state index >= 15 is 0 Å². The first kappa shape index (κ1) is 24.7. The summed E-state index contributed by atoms with van der Waals surface area (Å²) in [7, 11) is 2.63. The Morgan fingerprint density at radius 2 is 1.29 bits per heavy atom. The largest absolute Gasteiger partial charge is 0.371 e. The lowest BCUT2D eigenvalue weighted by Gasteiger charge is -2.36. The third-order valence-corrected chi connectivity index (χ3v) is 7.51. The molecule has 0 radical (unpaired) electrons. The molecule has 0 saturated carbocycles. The van der Waals surface area contributed by atoms with Crippen LogP contribution in [0, 0.1) is 22.0 Å². The number of rotatable bonds is 4. The number of piperidine rings is 2. The van der Waals surface area contributed by atoms with Crippen LogP contribution in [0.1, 0.15) is 45.1 Å². The summed E-state index contributed by atoms with van der Waals surface area (Å²) in [5, 5.41) is 12.1. The molecule has 1 aromatic carbocycles. The van der Waals surface area contributed by atoms with E-state index in [1.165, 1.54) is 26.2 Å². The molecule has 4 rings (SSSR count). The Hall–Kier alpha value is -3.43. The molecule has 0 atom stereocenters. The van der Waals surface area contributed by atoms with E-state index in [0.717, 1.165) is 67.3 Å². The number of benzene rings is 1. The molecule has 10 nitrogen and oxygen atoms in total. The topological polar surface area (TPSA) is 107 Å². The highest BCUT2D eigenvalue weighted by molar-refractivity contribution is 6.30. The van der Waals surface area contributed by atoms with Gasteiger partial charge in [0, 0.05) is 57.6 Å². The van der Waals surface area contributed by atoms with Gasteiger partial charge in [-0.2, -0.15) is 0 Å². The Labute approximate surface area is 205 Å². The van der Waals surface area contributed by atoms with Gasteiger partial charge in [0.05, 0.1) is 4.92 Å². The summed E-state index contributed by atoms with van der Waals surface area (Å²) in [6.45, 7) is 7.45. The Morgan fingerprint density at radius 3 is 1.74 bits per heavy atom. The molecular formula is C25H33N5O5. The van der Waals surface area contributed by atoms with Crippen LogP contribution in [0.25, 0.3) is 6.08 Å². The second kappa shape index (κ2) is 9.67. The van der Waals surface area contributed by atoms with Crippen molar-refractivity contribution in [3.8, 4) is 0 Å². The van der Waals surface area contributed by atoms with E-state index in [1.54, 1.807) is 0 Å². The summed E-state index contributed by atoms with van der Waals surface area (Å²) in [5.41, 5.74) is 1.55. The smallest absolute Gasteiger partial charge is 0.333 e. The molecule has 188 valence electrons.